The van der Waals surface area contributed by atoms with E-state index in [2.05, 4.69) is 20.6 Å². The van der Waals surface area contributed by atoms with Crippen LogP contribution in [0.5, 0.6) is 5.75 Å². The van der Waals surface area contributed by atoms with Gasteiger partial charge in [0.05, 0.1) is 18.8 Å². The van der Waals surface area contributed by atoms with Crippen molar-refractivity contribution in [3.8, 4) is 5.75 Å². The first-order chi connectivity index (χ1) is 18.8. The van der Waals surface area contributed by atoms with E-state index in [0.29, 0.717) is 11.3 Å². The first-order valence-corrected chi connectivity index (χ1v) is 11.9. The topological polar surface area (TPSA) is 274 Å². The summed E-state index contributed by atoms with van der Waals surface area (Å²) < 4.78 is 0. The molecule has 4 atom stereocenters. The van der Waals surface area contributed by atoms with Gasteiger partial charge in [0.15, 0.2) is 0 Å². The molecule has 1 aromatic heterocycles. The molecule has 0 aliphatic carbocycles. The Morgan fingerprint density at radius 3 is 1.98 bits per heavy atom. The van der Waals surface area contributed by atoms with Crippen molar-refractivity contribution in [2.45, 2.75) is 56.3 Å². The third kappa shape index (κ3) is 10.4. The van der Waals surface area contributed by atoms with E-state index in [1.54, 1.807) is 12.1 Å². The van der Waals surface area contributed by atoms with Crippen LogP contribution >= 0.6 is 0 Å². The number of hydrogen-bond acceptors (Lipinski definition) is 9. The number of aromatic nitrogens is 2. The van der Waals surface area contributed by atoms with Crippen LogP contribution in [0, 0.1) is 0 Å². The number of H-pyrrole nitrogens is 1. The molecule has 0 saturated carbocycles. The average Bonchev–Trinajstić information content (AvgIpc) is 3.39. The minimum absolute atomic E-state index is 0.0252. The molecule has 0 radical (unpaired) electrons. The molecule has 4 unspecified atom stereocenters. The summed E-state index contributed by atoms with van der Waals surface area (Å²) in [4.78, 5) is 78.9. The summed E-state index contributed by atoms with van der Waals surface area (Å²) in [5.74, 6) is -7.22. The number of carbonyl (C=O) groups excluding carboxylic acids is 3. The fourth-order valence-electron chi connectivity index (χ4n) is 3.54. The maximum Gasteiger partial charge on any atom is 0.326 e. The molecule has 2 rings (SSSR count). The number of phenols is 1. The molecule has 1 aromatic carbocycles. The molecule has 3 amide bonds. The second-order valence-electron chi connectivity index (χ2n) is 8.81. The Bertz CT molecular complexity index is 1200. The largest absolute Gasteiger partial charge is 0.508 e. The number of carboxylic acids is 3. The molecule has 2 aromatic rings. The van der Waals surface area contributed by atoms with Gasteiger partial charge in [-0.25, -0.2) is 9.78 Å². The number of aromatic amines is 1. The first-order valence-electron chi connectivity index (χ1n) is 11.9. The molecule has 216 valence electrons. The van der Waals surface area contributed by atoms with Gasteiger partial charge >= 0.3 is 17.9 Å². The summed E-state index contributed by atoms with van der Waals surface area (Å²) in [5, 5.41) is 43.4. The Balaban J connectivity index is 2.20. The number of aliphatic carboxylic acids is 3. The van der Waals surface area contributed by atoms with Crippen LogP contribution in [0.1, 0.15) is 30.5 Å². The number of aromatic hydroxyl groups is 1. The number of hydrogen-bond donors (Lipinski definition) is 9. The highest BCUT2D eigenvalue weighted by molar-refractivity contribution is 5.95. The Kier molecular flexibility index (Phi) is 11.6. The van der Waals surface area contributed by atoms with Gasteiger partial charge in [-0.05, 0) is 30.5 Å². The van der Waals surface area contributed by atoms with E-state index in [9.17, 15) is 39.0 Å². The zero-order valence-corrected chi connectivity index (χ0v) is 21.1. The molecule has 0 spiro atoms. The number of benzene rings is 1. The third-order valence-electron chi connectivity index (χ3n) is 5.61. The summed E-state index contributed by atoms with van der Waals surface area (Å²) in [5.41, 5.74) is 7.06. The zero-order chi connectivity index (χ0) is 29.8. The number of imidazole rings is 1. The SMILES string of the molecule is NC(Cc1ccc(O)cc1)C(=O)NC(Cc1cnc[nH]1)C(=O)NC(CCC(=O)O)C(=O)NC(CC(=O)O)C(=O)O. The predicted octanol–water partition coefficient (Wildman–Crippen LogP) is -1.89. The van der Waals surface area contributed by atoms with Gasteiger partial charge in [-0.15, -0.1) is 0 Å². The van der Waals surface area contributed by atoms with Crippen LogP contribution in [0.2, 0.25) is 0 Å². The number of nitrogens with two attached hydrogens (primary N) is 1. The number of nitrogens with one attached hydrogen (secondary N) is 4. The molecule has 16 heteroatoms. The van der Waals surface area contributed by atoms with Gasteiger partial charge in [-0.3, -0.25) is 24.0 Å². The van der Waals surface area contributed by atoms with Crippen LogP contribution in [0.4, 0.5) is 0 Å². The summed E-state index contributed by atoms with van der Waals surface area (Å²) in [7, 11) is 0. The standard InChI is InChI=1S/C24H30N6O10/c25-15(7-12-1-3-14(31)4-2-12)21(36)29-17(8-13-10-26-11-27-13)23(38)28-16(5-6-19(32)33)22(37)30-18(24(39)40)9-20(34)35/h1-4,10-11,15-18,31H,5-9,25H2,(H,26,27)(H,28,38)(H,29,36)(H,30,37)(H,32,33)(H,34,35)(H,39,40). The molecule has 0 aliphatic rings. The van der Waals surface area contributed by atoms with E-state index in [1.165, 1.54) is 24.7 Å². The van der Waals surface area contributed by atoms with Crippen LogP contribution in [0.25, 0.3) is 0 Å². The van der Waals surface area contributed by atoms with Crippen LogP contribution in [-0.4, -0.2) is 90.2 Å². The Morgan fingerprint density at radius 1 is 0.825 bits per heavy atom. The predicted molar refractivity (Wildman–Crippen MR) is 135 cm³/mol. The van der Waals surface area contributed by atoms with E-state index >= 15 is 0 Å². The van der Waals surface area contributed by atoms with Crippen LogP contribution in [0.15, 0.2) is 36.8 Å². The minimum Gasteiger partial charge on any atom is -0.508 e. The quantitative estimate of drug-likeness (QED) is 0.109. The van der Waals surface area contributed by atoms with Crippen molar-refractivity contribution >= 4 is 35.6 Å². The zero-order valence-electron chi connectivity index (χ0n) is 21.1. The molecule has 0 aliphatic heterocycles. The summed E-state index contributed by atoms with van der Waals surface area (Å²) in [6, 6.07) is 0.117. The van der Waals surface area contributed by atoms with Gasteiger partial charge in [-0.2, -0.15) is 0 Å². The van der Waals surface area contributed by atoms with Crippen molar-refractivity contribution in [3.05, 3.63) is 48.0 Å². The summed E-state index contributed by atoms with van der Waals surface area (Å²) in [6.07, 6.45) is 0.641. The molecule has 40 heavy (non-hydrogen) atoms. The van der Waals surface area contributed by atoms with Crippen molar-refractivity contribution < 1.29 is 49.2 Å². The number of nitrogens with zero attached hydrogens (tertiary/aromatic N) is 1. The fraction of sp³-hybridized carbons (Fsp3) is 0.375. The van der Waals surface area contributed by atoms with E-state index in [-0.39, 0.29) is 18.6 Å². The van der Waals surface area contributed by atoms with Crippen molar-refractivity contribution in [3.63, 3.8) is 0 Å². The van der Waals surface area contributed by atoms with Gasteiger partial charge in [0, 0.05) is 24.7 Å². The molecular formula is C24H30N6O10. The Hall–Kier alpha value is -4.99. The highest BCUT2D eigenvalue weighted by Crippen LogP contribution is 2.11. The van der Waals surface area contributed by atoms with Crippen molar-refractivity contribution in [2.75, 3.05) is 0 Å². The molecule has 0 fully saturated rings. The molecular weight excluding hydrogens is 532 g/mol. The average molecular weight is 563 g/mol. The lowest BCUT2D eigenvalue weighted by molar-refractivity contribution is -0.147. The van der Waals surface area contributed by atoms with Gasteiger partial charge in [0.25, 0.3) is 0 Å². The highest BCUT2D eigenvalue weighted by Gasteiger charge is 2.31. The van der Waals surface area contributed by atoms with E-state index in [0.717, 1.165) is 0 Å². The van der Waals surface area contributed by atoms with Gasteiger partial charge in [-0.1, -0.05) is 12.1 Å². The molecule has 16 nitrogen and oxygen atoms in total. The lowest BCUT2D eigenvalue weighted by Crippen LogP contribution is -2.58. The lowest BCUT2D eigenvalue weighted by atomic mass is 10.0. The second-order valence-corrected chi connectivity index (χ2v) is 8.81. The Morgan fingerprint density at radius 2 is 1.43 bits per heavy atom. The normalized spacial score (nSPS) is 13.7. The molecule has 10 N–H and O–H groups in total. The van der Waals surface area contributed by atoms with Gasteiger partial charge in [0.1, 0.15) is 23.9 Å². The number of carboxylic acid groups (broad SMARTS) is 3. The van der Waals surface area contributed by atoms with Crippen molar-refractivity contribution in [1.29, 1.82) is 0 Å². The van der Waals surface area contributed by atoms with E-state index < -0.39 is 79.1 Å². The minimum atomic E-state index is -1.84. The Labute approximate surface area is 227 Å². The van der Waals surface area contributed by atoms with Crippen LogP contribution < -0.4 is 21.7 Å². The number of carbonyl (C=O) groups is 6. The monoisotopic (exact) mass is 562 g/mol. The number of rotatable bonds is 16. The van der Waals surface area contributed by atoms with E-state index in [4.69, 9.17) is 15.9 Å². The molecule has 0 bridgehead atoms. The highest BCUT2D eigenvalue weighted by atomic mass is 16.4. The summed E-state index contributed by atoms with van der Waals surface area (Å²) >= 11 is 0. The maximum absolute atomic E-state index is 13.2. The first kappa shape index (κ1) is 31.2. The van der Waals surface area contributed by atoms with Gasteiger partial charge < -0.3 is 47.1 Å². The van der Waals surface area contributed by atoms with Crippen molar-refractivity contribution in [1.82, 2.24) is 25.9 Å². The van der Waals surface area contributed by atoms with Crippen molar-refractivity contribution in [2.24, 2.45) is 5.73 Å². The second kappa shape index (κ2) is 14.8. The molecule has 1 heterocycles. The fourth-order valence-corrected chi connectivity index (χ4v) is 3.54. The lowest BCUT2D eigenvalue weighted by Gasteiger charge is -2.24. The number of amides is 3. The van der Waals surface area contributed by atoms with Gasteiger partial charge in [0.2, 0.25) is 17.7 Å². The van der Waals surface area contributed by atoms with Crippen LogP contribution in [-0.2, 0) is 41.6 Å². The smallest absolute Gasteiger partial charge is 0.326 e. The maximum atomic E-state index is 13.2. The van der Waals surface area contributed by atoms with E-state index in [1.807, 2.05) is 5.32 Å². The number of phenolic OH excluding ortho intramolecular Hbond substituents is 1. The van der Waals surface area contributed by atoms with Crippen LogP contribution in [0.3, 0.4) is 0 Å². The molecule has 0 saturated heterocycles. The third-order valence-corrected chi connectivity index (χ3v) is 5.61. The summed E-state index contributed by atoms with van der Waals surface area (Å²) in [6.45, 7) is 0.